The first-order chi connectivity index (χ1) is 12.4. The molecule has 0 aromatic heterocycles. The van der Waals surface area contributed by atoms with Crippen molar-refractivity contribution < 1.29 is 22.8 Å². The van der Waals surface area contributed by atoms with Crippen LogP contribution in [-0.4, -0.2) is 33.3 Å². The summed E-state index contributed by atoms with van der Waals surface area (Å²) in [5.41, 5.74) is 0.177. The normalized spacial score (nSPS) is 11.3. The molecule has 0 aliphatic heterocycles. The lowest BCUT2D eigenvalue weighted by molar-refractivity contribution is -0.385. The van der Waals surface area contributed by atoms with E-state index in [1.807, 2.05) is 4.83 Å². The van der Waals surface area contributed by atoms with Gasteiger partial charge in [0.2, 0.25) is 0 Å². The number of hydrazone groups is 1. The predicted molar refractivity (Wildman–Crippen MR) is 95.2 cm³/mol. The van der Waals surface area contributed by atoms with Gasteiger partial charge in [-0.15, -0.1) is 0 Å². The van der Waals surface area contributed by atoms with Crippen molar-refractivity contribution >= 4 is 21.9 Å². The number of rotatable bonds is 8. The fourth-order valence-electron chi connectivity index (χ4n) is 2.08. The van der Waals surface area contributed by atoms with Crippen LogP contribution in [0.1, 0.15) is 12.5 Å². The number of nitrogens with zero attached hydrogens (tertiary/aromatic N) is 2. The van der Waals surface area contributed by atoms with E-state index < -0.39 is 14.9 Å². The van der Waals surface area contributed by atoms with Gasteiger partial charge in [0.25, 0.3) is 15.7 Å². The van der Waals surface area contributed by atoms with Crippen molar-refractivity contribution in [3.63, 3.8) is 0 Å². The van der Waals surface area contributed by atoms with Gasteiger partial charge in [-0.1, -0.05) is 12.1 Å². The van der Waals surface area contributed by atoms with Crippen molar-refractivity contribution in [3.05, 3.63) is 58.1 Å². The Labute approximate surface area is 150 Å². The number of hydrogen-bond acceptors (Lipinski definition) is 7. The minimum absolute atomic E-state index is 0.264. The molecule has 0 radical (unpaired) electrons. The van der Waals surface area contributed by atoms with Crippen LogP contribution in [0.15, 0.2) is 52.5 Å². The third kappa shape index (κ3) is 4.48. The molecule has 0 bridgehead atoms. The number of non-ortho nitro benzene ring substituents is 1. The summed E-state index contributed by atoms with van der Waals surface area (Å²) < 4.78 is 35.2. The quantitative estimate of drug-likeness (QED) is 0.427. The molecule has 26 heavy (non-hydrogen) atoms. The molecular formula is C16H17N3O6S. The maximum atomic E-state index is 12.2. The zero-order valence-corrected chi connectivity index (χ0v) is 14.9. The topological polar surface area (TPSA) is 120 Å². The molecular weight excluding hydrogens is 362 g/mol. The monoisotopic (exact) mass is 379 g/mol. The summed E-state index contributed by atoms with van der Waals surface area (Å²) in [5, 5.41) is 14.5. The first-order valence-electron chi connectivity index (χ1n) is 7.48. The van der Waals surface area contributed by atoms with E-state index in [0.29, 0.717) is 23.7 Å². The van der Waals surface area contributed by atoms with Gasteiger partial charge in [-0.05, 0) is 25.1 Å². The molecule has 138 valence electrons. The van der Waals surface area contributed by atoms with Gasteiger partial charge in [0, 0.05) is 17.7 Å². The van der Waals surface area contributed by atoms with Crippen LogP contribution in [0.4, 0.5) is 5.69 Å². The molecule has 1 N–H and O–H groups in total. The van der Waals surface area contributed by atoms with E-state index in [4.69, 9.17) is 9.47 Å². The molecule has 2 rings (SSSR count). The number of nitro groups is 1. The molecule has 0 amide bonds. The number of para-hydroxylation sites is 1. The van der Waals surface area contributed by atoms with Crippen LogP contribution < -0.4 is 14.3 Å². The van der Waals surface area contributed by atoms with Crippen molar-refractivity contribution in [2.75, 3.05) is 13.7 Å². The van der Waals surface area contributed by atoms with Crippen molar-refractivity contribution in [3.8, 4) is 11.5 Å². The van der Waals surface area contributed by atoms with Crippen LogP contribution in [0.3, 0.4) is 0 Å². The standard InChI is InChI=1S/C16H17N3O6S/c1-3-25-16-12(6-4-9-15(16)24-2)11-17-18-26(22,23)14-8-5-7-13(10-14)19(20)21/h4-11,18H,3H2,1-2H3/b17-11+. The second-order valence-electron chi connectivity index (χ2n) is 4.92. The summed E-state index contributed by atoms with van der Waals surface area (Å²) in [6, 6.07) is 9.77. The van der Waals surface area contributed by atoms with E-state index in [2.05, 4.69) is 5.10 Å². The molecule has 0 heterocycles. The summed E-state index contributed by atoms with van der Waals surface area (Å²) in [6.45, 7) is 2.19. The SMILES string of the molecule is CCOc1c(/C=N/NS(=O)(=O)c2cccc([N+](=O)[O-])c2)cccc1OC. The molecule has 0 saturated carbocycles. The highest BCUT2D eigenvalue weighted by Gasteiger charge is 2.17. The van der Waals surface area contributed by atoms with E-state index in [1.165, 1.54) is 31.5 Å². The number of sulfonamides is 1. The summed E-state index contributed by atoms with van der Waals surface area (Å²) >= 11 is 0. The van der Waals surface area contributed by atoms with Crippen molar-refractivity contribution in [1.29, 1.82) is 0 Å². The molecule has 10 heteroatoms. The van der Waals surface area contributed by atoms with Crippen molar-refractivity contribution in [1.82, 2.24) is 4.83 Å². The Morgan fingerprint density at radius 1 is 1.27 bits per heavy atom. The van der Waals surface area contributed by atoms with Crippen LogP contribution in [0.25, 0.3) is 0 Å². The summed E-state index contributed by atoms with van der Waals surface area (Å²) in [4.78, 5) is 11.9. The van der Waals surface area contributed by atoms with Gasteiger partial charge in [-0.25, -0.2) is 4.83 Å². The molecule has 2 aromatic carbocycles. The number of hydrogen-bond donors (Lipinski definition) is 1. The van der Waals surface area contributed by atoms with Crippen LogP contribution >= 0.6 is 0 Å². The Morgan fingerprint density at radius 3 is 2.65 bits per heavy atom. The predicted octanol–water partition coefficient (Wildman–Crippen LogP) is 2.31. The number of benzene rings is 2. The number of nitro benzene ring substituents is 1. The van der Waals surface area contributed by atoms with Gasteiger partial charge >= 0.3 is 0 Å². The van der Waals surface area contributed by atoms with Gasteiger partial charge in [0.05, 0.1) is 29.8 Å². The van der Waals surface area contributed by atoms with Gasteiger partial charge < -0.3 is 9.47 Å². The largest absolute Gasteiger partial charge is 0.493 e. The Morgan fingerprint density at radius 2 is 2.00 bits per heavy atom. The molecule has 0 aliphatic rings. The highest BCUT2D eigenvalue weighted by Crippen LogP contribution is 2.30. The molecule has 0 fully saturated rings. The Bertz CT molecular complexity index is 927. The molecule has 0 aliphatic carbocycles. The van der Waals surface area contributed by atoms with Gasteiger partial charge in [0.1, 0.15) is 0 Å². The zero-order valence-electron chi connectivity index (χ0n) is 14.1. The highest BCUT2D eigenvalue weighted by molar-refractivity contribution is 7.89. The fraction of sp³-hybridized carbons (Fsp3) is 0.188. The fourth-order valence-corrected chi connectivity index (χ4v) is 2.91. The molecule has 2 aromatic rings. The Balaban J connectivity index is 2.25. The van der Waals surface area contributed by atoms with Crippen LogP contribution in [0.2, 0.25) is 0 Å². The molecule has 0 saturated heterocycles. The van der Waals surface area contributed by atoms with Gasteiger partial charge in [-0.2, -0.15) is 13.5 Å². The minimum Gasteiger partial charge on any atom is -0.493 e. The molecule has 0 atom stereocenters. The second kappa shape index (κ2) is 8.30. The average Bonchev–Trinajstić information content (AvgIpc) is 2.63. The number of methoxy groups -OCH3 is 1. The first-order valence-corrected chi connectivity index (χ1v) is 8.96. The summed E-state index contributed by atoms with van der Waals surface area (Å²) in [5.74, 6) is 0.910. The lowest BCUT2D eigenvalue weighted by Crippen LogP contribution is -2.18. The van der Waals surface area contributed by atoms with Gasteiger partial charge in [0.15, 0.2) is 11.5 Å². The Hall–Kier alpha value is -3.14. The van der Waals surface area contributed by atoms with E-state index in [-0.39, 0.29) is 10.6 Å². The van der Waals surface area contributed by atoms with E-state index >= 15 is 0 Å². The summed E-state index contributed by atoms with van der Waals surface area (Å²) in [7, 11) is -2.56. The molecule has 9 nitrogen and oxygen atoms in total. The van der Waals surface area contributed by atoms with Crippen LogP contribution in [0, 0.1) is 10.1 Å². The van der Waals surface area contributed by atoms with E-state index in [0.717, 1.165) is 6.07 Å². The van der Waals surface area contributed by atoms with E-state index in [9.17, 15) is 18.5 Å². The highest BCUT2D eigenvalue weighted by atomic mass is 32.2. The van der Waals surface area contributed by atoms with Crippen LogP contribution in [0.5, 0.6) is 11.5 Å². The Kier molecular flexibility index (Phi) is 6.12. The lowest BCUT2D eigenvalue weighted by Gasteiger charge is -2.11. The third-order valence-electron chi connectivity index (χ3n) is 3.23. The lowest BCUT2D eigenvalue weighted by atomic mass is 10.2. The molecule has 0 unspecified atom stereocenters. The zero-order chi connectivity index (χ0) is 19.2. The summed E-state index contributed by atoms with van der Waals surface area (Å²) in [6.07, 6.45) is 1.27. The van der Waals surface area contributed by atoms with Crippen molar-refractivity contribution in [2.45, 2.75) is 11.8 Å². The smallest absolute Gasteiger partial charge is 0.276 e. The third-order valence-corrected chi connectivity index (χ3v) is 4.45. The van der Waals surface area contributed by atoms with Crippen LogP contribution in [-0.2, 0) is 10.0 Å². The minimum atomic E-state index is -4.05. The maximum Gasteiger partial charge on any atom is 0.276 e. The van der Waals surface area contributed by atoms with Crippen molar-refractivity contribution in [2.24, 2.45) is 5.10 Å². The van der Waals surface area contributed by atoms with E-state index in [1.54, 1.807) is 25.1 Å². The average molecular weight is 379 g/mol. The maximum absolute atomic E-state index is 12.2. The molecule has 0 spiro atoms. The second-order valence-corrected chi connectivity index (χ2v) is 6.58. The number of nitrogens with one attached hydrogen (secondary N) is 1. The first kappa shape index (κ1) is 19.2. The van der Waals surface area contributed by atoms with Gasteiger partial charge in [-0.3, -0.25) is 10.1 Å². The number of ether oxygens (including phenoxy) is 2.